The van der Waals surface area contributed by atoms with Gasteiger partial charge in [-0.2, -0.15) is 0 Å². The van der Waals surface area contributed by atoms with Gasteiger partial charge in [-0.05, 0) is 44.9 Å². The summed E-state index contributed by atoms with van der Waals surface area (Å²) in [4.78, 5) is 0. The Morgan fingerprint density at radius 2 is 2.19 bits per heavy atom. The van der Waals surface area contributed by atoms with Gasteiger partial charge in [0.05, 0.1) is 5.60 Å². The van der Waals surface area contributed by atoms with Crippen molar-refractivity contribution in [1.29, 1.82) is 0 Å². The molecule has 0 saturated heterocycles. The zero-order valence-electron chi connectivity index (χ0n) is 10.7. The van der Waals surface area contributed by atoms with E-state index in [9.17, 15) is 5.11 Å². The molecule has 0 fully saturated rings. The number of aryl methyl sites for hydroxylation is 1. The van der Waals surface area contributed by atoms with Crippen molar-refractivity contribution in [2.75, 3.05) is 6.54 Å². The highest BCUT2D eigenvalue weighted by molar-refractivity contribution is 5.09. The van der Waals surface area contributed by atoms with Gasteiger partial charge in [-0.3, -0.25) is 0 Å². The lowest BCUT2D eigenvalue weighted by Crippen LogP contribution is -2.20. The molecule has 92 valence electrons. The SMILES string of the molecule is CCCNCc1ccn(CCC(C)(C)O)c1. The third-order valence-corrected chi connectivity index (χ3v) is 2.55. The van der Waals surface area contributed by atoms with Gasteiger partial charge in [0.1, 0.15) is 0 Å². The van der Waals surface area contributed by atoms with Crippen molar-refractivity contribution in [3.8, 4) is 0 Å². The molecule has 0 bridgehead atoms. The molecule has 1 heterocycles. The van der Waals surface area contributed by atoms with Gasteiger partial charge >= 0.3 is 0 Å². The van der Waals surface area contributed by atoms with Crippen LogP contribution in [0.3, 0.4) is 0 Å². The second-order valence-corrected chi connectivity index (χ2v) is 5.00. The maximum atomic E-state index is 9.63. The molecule has 0 spiro atoms. The van der Waals surface area contributed by atoms with Crippen molar-refractivity contribution in [1.82, 2.24) is 9.88 Å². The normalized spacial score (nSPS) is 12.0. The molecule has 16 heavy (non-hydrogen) atoms. The number of rotatable bonds is 7. The Hall–Kier alpha value is -0.800. The maximum absolute atomic E-state index is 9.63. The van der Waals surface area contributed by atoms with Crippen molar-refractivity contribution in [3.63, 3.8) is 0 Å². The Bertz CT molecular complexity index is 299. The van der Waals surface area contributed by atoms with Crippen LogP contribution in [0.2, 0.25) is 0 Å². The second kappa shape index (κ2) is 6.06. The smallest absolute Gasteiger partial charge is 0.0608 e. The summed E-state index contributed by atoms with van der Waals surface area (Å²) in [6.45, 7) is 8.73. The van der Waals surface area contributed by atoms with E-state index in [0.29, 0.717) is 0 Å². The summed E-state index contributed by atoms with van der Waals surface area (Å²) >= 11 is 0. The summed E-state index contributed by atoms with van der Waals surface area (Å²) in [5, 5.41) is 13.0. The van der Waals surface area contributed by atoms with Gasteiger partial charge < -0.3 is 15.0 Å². The maximum Gasteiger partial charge on any atom is 0.0608 e. The minimum atomic E-state index is -0.578. The van der Waals surface area contributed by atoms with Crippen LogP contribution in [0.15, 0.2) is 18.5 Å². The Balaban J connectivity index is 2.33. The zero-order valence-corrected chi connectivity index (χ0v) is 10.7. The van der Waals surface area contributed by atoms with Gasteiger partial charge in [0.15, 0.2) is 0 Å². The minimum absolute atomic E-state index is 0.578. The predicted octanol–water partition coefficient (Wildman–Crippen LogP) is 2.15. The highest BCUT2D eigenvalue weighted by Crippen LogP contribution is 2.10. The lowest BCUT2D eigenvalue weighted by Gasteiger charge is -2.16. The Labute approximate surface area is 98.5 Å². The first-order valence-corrected chi connectivity index (χ1v) is 6.09. The van der Waals surface area contributed by atoms with E-state index in [-0.39, 0.29) is 0 Å². The molecule has 3 nitrogen and oxygen atoms in total. The minimum Gasteiger partial charge on any atom is -0.390 e. The molecule has 0 atom stereocenters. The number of aliphatic hydroxyl groups is 1. The van der Waals surface area contributed by atoms with Crippen LogP contribution in [0.25, 0.3) is 0 Å². The van der Waals surface area contributed by atoms with E-state index in [1.807, 2.05) is 13.8 Å². The van der Waals surface area contributed by atoms with E-state index < -0.39 is 5.60 Å². The third kappa shape index (κ3) is 5.33. The van der Waals surface area contributed by atoms with E-state index >= 15 is 0 Å². The first kappa shape index (κ1) is 13.3. The summed E-state index contributed by atoms with van der Waals surface area (Å²) in [7, 11) is 0. The first-order valence-electron chi connectivity index (χ1n) is 6.09. The van der Waals surface area contributed by atoms with Crippen LogP contribution < -0.4 is 5.32 Å². The lowest BCUT2D eigenvalue weighted by atomic mass is 10.1. The molecule has 0 aromatic carbocycles. The largest absolute Gasteiger partial charge is 0.390 e. The van der Waals surface area contributed by atoms with E-state index in [2.05, 4.69) is 35.3 Å². The summed E-state index contributed by atoms with van der Waals surface area (Å²) in [6, 6.07) is 2.13. The lowest BCUT2D eigenvalue weighted by molar-refractivity contribution is 0.0662. The fourth-order valence-electron chi connectivity index (χ4n) is 1.55. The van der Waals surface area contributed by atoms with Crippen LogP contribution in [-0.4, -0.2) is 21.8 Å². The van der Waals surface area contributed by atoms with Gasteiger partial charge in [0.2, 0.25) is 0 Å². The molecule has 0 amide bonds. The Morgan fingerprint density at radius 3 is 2.81 bits per heavy atom. The molecule has 0 saturated carbocycles. The van der Waals surface area contributed by atoms with Crippen molar-refractivity contribution in [2.24, 2.45) is 0 Å². The molecule has 1 aromatic heterocycles. The highest BCUT2D eigenvalue weighted by atomic mass is 16.3. The third-order valence-electron chi connectivity index (χ3n) is 2.55. The molecule has 1 aromatic rings. The molecular formula is C13H24N2O. The van der Waals surface area contributed by atoms with Crippen molar-refractivity contribution < 1.29 is 5.11 Å². The molecular weight excluding hydrogens is 200 g/mol. The molecule has 0 aliphatic heterocycles. The van der Waals surface area contributed by atoms with Crippen LogP contribution in [0.1, 0.15) is 39.2 Å². The van der Waals surface area contributed by atoms with Gasteiger partial charge in [-0.1, -0.05) is 6.92 Å². The van der Waals surface area contributed by atoms with Gasteiger partial charge in [-0.25, -0.2) is 0 Å². The fourth-order valence-corrected chi connectivity index (χ4v) is 1.55. The van der Waals surface area contributed by atoms with Crippen LogP contribution in [0.5, 0.6) is 0 Å². The first-order chi connectivity index (χ1) is 7.51. The molecule has 2 N–H and O–H groups in total. The topological polar surface area (TPSA) is 37.2 Å². The average Bonchev–Trinajstić information content (AvgIpc) is 2.62. The van der Waals surface area contributed by atoms with Crippen molar-refractivity contribution >= 4 is 0 Å². The Kier molecular flexibility index (Phi) is 5.03. The summed E-state index contributed by atoms with van der Waals surface area (Å²) in [6.07, 6.45) is 6.17. The zero-order chi connectivity index (χ0) is 12.0. The quantitative estimate of drug-likeness (QED) is 0.696. The summed E-state index contributed by atoms with van der Waals surface area (Å²) < 4.78 is 2.14. The number of aromatic nitrogens is 1. The van der Waals surface area contributed by atoms with Gasteiger partial charge in [0, 0.05) is 25.5 Å². The average molecular weight is 224 g/mol. The van der Waals surface area contributed by atoms with Crippen molar-refractivity contribution in [2.45, 2.75) is 52.3 Å². The van der Waals surface area contributed by atoms with Gasteiger partial charge in [-0.15, -0.1) is 0 Å². The molecule has 0 aliphatic rings. The fraction of sp³-hybridized carbons (Fsp3) is 0.692. The molecule has 0 aliphatic carbocycles. The molecule has 1 rings (SSSR count). The van der Waals surface area contributed by atoms with E-state index in [1.54, 1.807) is 0 Å². The van der Waals surface area contributed by atoms with Crippen molar-refractivity contribution in [3.05, 3.63) is 24.0 Å². The number of nitrogens with zero attached hydrogens (tertiary/aromatic N) is 1. The van der Waals surface area contributed by atoms with Crippen LogP contribution in [0, 0.1) is 0 Å². The molecule has 0 radical (unpaired) electrons. The number of hydrogen-bond acceptors (Lipinski definition) is 2. The van der Waals surface area contributed by atoms with Crippen LogP contribution in [-0.2, 0) is 13.1 Å². The second-order valence-electron chi connectivity index (χ2n) is 5.00. The van der Waals surface area contributed by atoms with E-state index in [1.165, 1.54) is 12.0 Å². The number of nitrogens with one attached hydrogen (secondary N) is 1. The summed E-state index contributed by atoms with van der Waals surface area (Å²) in [5.41, 5.74) is 0.731. The predicted molar refractivity (Wildman–Crippen MR) is 67.3 cm³/mol. The van der Waals surface area contributed by atoms with E-state index in [4.69, 9.17) is 0 Å². The highest BCUT2D eigenvalue weighted by Gasteiger charge is 2.11. The number of hydrogen-bond donors (Lipinski definition) is 2. The van der Waals surface area contributed by atoms with Gasteiger partial charge in [0.25, 0.3) is 0 Å². The monoisotopic (exact) mass is 224 g/mol. The van der Waals surface area contributed by atoms with Crippen LogP contribution in [0.4, 0.5) is 0 Å². The van der Waals surface area contributed by atoms with E-state index in [0.717, 1.165) is 26.1 Å². The summed E-state index contributed by atoms with van der Waals surface area (Å²) in [5.74, 6) is 0. The Morgan fingerprint density at radius 1 is 1.44 bits per heavy atom. The molecule has 3 heteroatoms. The standard InChI is InChI=1S/C13H24N2O/c1-4-7-14-10-12-5-8-15(11-12)9-6-13(2,3)16/h5,8,11,14,16H,4,6-7,9-10H2,1-3H3. The van der Waals surface area contributed by atoms with Crippen LogP contribution >= 0.6 is 0 Å². The molecule has 0 unspecified atom stereocenters.